The maximum absolute atomic E-state index is 10.9. The second kappa shape index (κ2) is 19.5. The topological polar surface area (TPSA) is 192 Å². The fourth-order valence-corrected chi connectivity index (χ4v) is 1.38. The van der Waals surface area contributed by atoms with Crippen LogP contribution in [0.15, 0.2) is 46.7 Å². The van der Waals surface area contributed by atoms with E-state index in [4.69, 9.17) is 20.6 Å². The first kappa shape index (κ1) is 35.6. The predicted molar refractivity (Wildman–Crippen MR) is 123 cm³/mol. The fourth-order valence-electron chi connectivity index (χ4n) is 1.38. The van der Waals surface area contributed by atoms with Crippen LogP contribution in [0.25, 0.3) is 0 Å². The van der Waals surface area contributed by atoms with Crippen molar-refractivity contribution in [3.05, 3.63) is 47.5 Å². The van der Waals surface area contributed by atoms with E-state index in [0.29, 0.717) is 0 Å². The van der Waals surface area contributed by atoms with Crippen molar-refractivity contribution in [1.82, 2.24) is 9.80 Å². The number of phenols is 2. The Bertz CT molecular complexity index is 889. The van der Waals surface area contributed by atoms with E-state index in [9.17, 15) is 19.8 Å². The van der Waals surface area contributed by atoms with Crippen LogP contribution in [-0.4, -0.2) is 82.9 Å². The minimum absolute atomic E-state index is 0. The van der Waals surface area contributed by atoms with E-state index < -0.39 is 0 Å². The van der Waals surface area contributed by atoms with Gasteiger partial charge >= 0.3 is 17.1 Å². The number of hydrogen-bond acceptors (Lipinski definition) is 10. The summed E-state index contributed by atoms with van der Waals surface area (Å²) in [7, 11) is 6.90. The minimum Gasteiger partial charge on any atom is -0.872 e. The average molecular weight is 542 g/mol. The maximum atomic E-state index is 10.9. The Kier molecular flexibility index (Phi) is 19.9. The first-order valence-corrected chi connectivity index (χ1v) is 9.47. The number of rotatable bonds is 2. The van der Waals surface area contributed by atoms with Gasteiger partial charge in [-0.15, -0.1) is 0 Å². The van der Waals surface area contributed by atoms with Crippen molar-refractivity contribution >= 4 is 24.2 Å². The summed E-state index contributed by atoms with van der Waals surface area (Å²) in [4.78, 5) is 23.2. The Balaban J connectivity index is -0.000000404. The number of carbonyl (C=O) groups excluding carboxylic acids is 2. The van der Waals surface area contributed by atoms with Gasteiger partial charge in [0.15, 0.2) is 0 Å². The number of hydrogen-bond donors (Lipinski definition) is 4. The van der Waals surface area contributed by atoms with Gasteiger partial charge in [0.05, 0.1) is 12.4 Å². The van der Waals surface area contributed by atoms with Crippen LogP contribution in [0.4, 0.5) is 0 Å². The van der Waals surface area contributed by atoms with Gasteiger partial charge in [-0.2, -0.15) is 0 Å². The van der Waals surface area contributed by atoms with Crippen molar-refractivity contribution in [2.75, 3.05) is 28.2 Å². The van der Waals surface area contributed by atoms with Crippen molar-refractivity contribution in [3.8, 4) is 23.0 Å². The van der Waals surface area contributed by atoms with Gasteiger partial charge in [-0.05, 0) is 35.4 Å². The number of phenolic OH excluding ortho intramolecular Hbond substituents is 2. The molecule has 2 aromatic rings. The summed E-state index contributed by atoms with van der Waals surface area (Å²) in [6, 6.07) is 7.54. The molecule has 0 fully saturated rings. The van der Waals surface area contributed by atoms with Gasteiger partial charge in [-0.1, -0.05) is 33.9 Å². The van der Waals surface area contributed by atoms with Crippen LogP contribution in [0.3, 0.4) is 0 Å². The van der Waals surface area contributed by atoms with Gasteiger partial charge in [0.2, 0.25) is 11.8 Å². The molecule has 0 heterocycles. The number of aromatic hydroxyl groups is 2. The molecule has 35 heavy (non-hydrogen) atoms. The van der Waals surface area contributed by atoms with E-state index in [1.165, 1.54) is 47.9 Å². The molecule has 13 heteroatoms. The van der Waals surface area contributed by atoms with Crippen LogP contribution in [0, 0.1) is 0 Å². The smallest absolute Gasteiger partial charge is 0.872 e. The molecule has 0 aromatic heterocycles. The molecule has 0 saturated carbocycles. The van der Waals surface area contributed by atoms with E-state index in [0.717, 1.165) is 24.6 Å². The van der Waals surface area contributed by atoms with Crippen molar-refractivity contribution in [2.24, 2.45) is 10.3 Å². The summed E-state index contributed by atoms with van der Waals surface area (Å²) >= 11 is 0. The second-order valence-electron chi connectivity index (χ2n) is 6.76. The van der Waals surface area contributed by atoms with E-state index in [1.54, 1.807) is 28.2 Å². The zero-order valence-electron chi connectivity index (χ0n) is 20.1. The Morgan fingerprint density at radius 2 is 1.00 bits per heavy atom. The summed E-state index contributed by atoms with van der Waals surface area (Å²) in [6.45, 7) is 3.06. The third kappa shape index (κ3) is 18.2. The number of carbonyl (C=O) groups is 2. The predicted octanol–water partition coefficient (Wildman–Crippen LogP) is 0.734. The standard InChI is InChI=1S/2C7H7NO3.2C4H9NO.Cu/c2*9-6-2-1-5(4-8-11)7(10)3-6;2*1-4(6)5(2)3;/h2*1-4,9-11H;2*1-3H3;/q;;;;+2/p-2/b2*8-4+;;;. The molecule has 2 rings (SSSR count). The van der Waals surface area contributed by atoms with E-state index in [-0.39, 0.29) is 63.0 Å². The van der Waals surface area contributed by atoms with Crippen molar-refractivity contribution in [3.63, 3.8) is 0 Å². The number of oxime groups is 2. The van der Waals surface area contributed by atoms with Crippen LogP contribution >= 0.6 is 0 Å². The molecular weight excluding hydrogens is 512 g/mol. The molecule has 1 radical (unpaired) electrons. The molecule has 0 saturated heterocycles. The monoisotopic (exact) mass is 541 g/mol. The van der Waals surface area contributed by atoms with Crippen molar-refractivity contribution < 1.29 is 57.5 Å². The van der Waals surface area contributed by atoms with Gasteiger partial charge in [-0.3, -0.25) is 9.59 Å². The van der Waals surface area contributed by atoms with Gasteiger partial charge in [0.1, 0.15) is 11.5 Å². The summed E-state index contributed by atoms with van der Waals surface area (Å²) in [5.41, 5.74) is 0.482. The zero-order valence-corrected chi connectivity index (χ0v) is 21.1. The third-order valence-electron chi connectivity index (χ3n) is 3.65. The van der Waals surface area contributed by atoms with Crippen LogP contribution in [-0.2, 0) is 26.7 Å². The Morgan fingerprint density at radius 3 is 1.17 bits per heavy atom. The molecule has 0 bridgehead atoms. The molecule has 0 aliphatic rings. The number of nitrogens with zero attached hydrogens (tertiary/aromatic N) is 4. The SMILES string of the molecule is CC(=O)N(C)C.CC(=O)N(C)C.[Cu+2].[O-]c1cc(O)ccc1/C=N/O.[O-]c1cc(O)ccc1/C=N/O. The van der Waals surface area contributed by atoms with Crippen LogP contribution in [0.5, 0.6) is 23.0 Å². The van der Waals surface area contributed by atoms with Crippen molar-refractivity contribution in [1.29, 1.82) is 0 Å². The Labute approximate surface area is 214 Å². The quantitative estimate of drug-likeness (QED) is 0.185. The van der Waals surface area contributed by atoms with Gasteiger partial charge in [-0.25, -0.2) is 0 Å². The maximum Gasteiger partial charge on any atom is 2.00 e. The molecule has 0 atom stereocenters. The number of amides is 2. The van der Waals surface area contributed by atoms with Crippen LogP contribution in [0.1, 0.15) is 25.0 Å². The first-order valence-electron chi connectivity index (χ1n) is 9.47. The van der Waals surface area contributed by atoms with E-state index >= 15 is 0 Å². The summed E-state index contributed by atoms with van der Waals surface area (Å²) < 4.78 is 0. The van der Waals surface area contributed by atoms with Crippen molar-refractivity contribution in [2.45, 2.75) is 13.8 Å². The zero-order chi connectivity index (χ0) is 26.8. The van der Waals surface area contributed by atoms with E-state index in [1.807, 2.05) is 0 Å². The van der Waals surface area contributed by atoms with Crippen LogP contribution < -0.4 is 10.2 Å². The van der Waals surface area contributed by atoms with Crippen LogP contribution in [0.2, 0.25) is 0 Å². The summed E-state index contributed by atoms with van der Waals surface area (Å²) in [5, 5.41) is 60.9. The normalized spacial score (nSPS) is 9.31. The molecule has 2 amide bonds. The van der Waals surface area contributed by atoms with Gasteiger partial charge in [0.25, 0.3) is 0 Å². The molecule has 0 spiro atoms. The minimum atomic E-state index is -0.372. The van der Waals surface area contributed by atoms with Gasteiger partial charge in [0, 0.05) is 42.0 Å². The second-order valence-corrected chi connectivity index (χ2v) is 6.76. The third-order valence-corrected chi connectivity index (χ3v) is 3.65. The summed E-state index contributed by atoms with van der Waals surface area (Å²) in [5.74, 6) is -0.745. The molecule has 0 aliphatic heterocycles. The molecule has 12 nitrogen and oxygen atoms in total. The largest absolute Gasteiger partial charge is 2.00 e. The van der Waals surface area contributed by atoms with E-state index in [2.05, 4.69) is 10.3 Å². The molecule has 4 N–H and O–H groups in total. The summed E-state index contributed by atoms with van der Waals surface area (Å²) in [6.07, 6.45) is 2.03. The first-order chi connectivity index (χ1) is 15.8. The number of benzene rings is 2. The fraction of sp³-hybridized carbons (Fsp3) is 0.273. The Hall–Kier alpha value is -3.96. The molecule has 0 unspecified atom stereocenters. The average Bonchev–Trinajstić information content (AvgIpc) is 2.73. The molecular formula is C22H30CuN4O8. The molecule has 197 valence electrons. The molecule has 0 aliphatic carbocycles. The van der Waals surface area contributed by atoms with Gasteiger partial charge < -0.3 is 40.6 Å². The Morgan fingerprint density at radius 1 is 0.743 bits per heavy atom. The molecule has 2 aromatic carbocycles.